The number of rotatable bonds is 4. The Balaban J connectivity index is 1.47. The molecule has 1 heterocycles. The predicted molar refractivity (Wildman–Crippen MR) is 85.9 cm³/mol. The van der Waals surface area contributed by atoms with Gasteiger partial charge in [0, 0.05) is 25.0 Å². The number of nitrogens with zero attached hydrogens (tertiary/aromatic N) is 1. The lowest BCUT2D eigenvalue weighted by Crippen LogP contribution is -2.39. The fourth-order valence-electron chi connectivity index (χ4n) is 5.00. The Labute approximate surface area is 129 Å². The second-order valence-electron chi connectivity index (χ2n) is 7.67. The third-order valence-electron chi connectivity index (χ3n) is 6.15. The van der Waals surface area contributed by atoms with Crippen LogP contribution in [0.5, 0.6) is 0 Å². The maximum absolute atomic E-state index is 12.6. The summed E-state index contributed by atoms with van der Waals surface area (Å²) in [6, 6.07) is 0.963. The molecule has 3 fully saturated rings. The first-order valence-corrected chi connectivity index (χ1v) is 9.29. The number of amides is 1. The Hall–Kier alpha value is -0.570. The summed E-state index contributed by atoms with van der Waals surface area (Å²) in [5.74, 6) is 1.94. The van der Waals surface area contributed by atoms with Crippen LogP contribution >= 0.6 is 0 Å². The van der Waals surface area contributed by atoms with E-state index in [4.69, 9.17) is 5.73 Å². The first-order chi connectivity index (χ1) is 10.2. The number of hydrogen-bond donors (Lipinski definition) is 1. The van der Waals surface area contributed by atoms with Crippen molar-refractivity contribution in [1.82, 2.24) is 4.90 Å². The molecular weight excluding hydrogens is 260 g/mol. The smallest absolute Gasteiger partial charge is 0.222 e. The van der Waals surface area contributed by atoms with Crippen molar-refractivity contribution in [2.24, 2.45) is 17.6 Å². The molecule has 0 radical (unpaired) electrons. The number of nitrogens with two attached hydrogens (primary N) is 1. The minimum atomic E-state index is 0.386. The van der Waals surface area contributed by atoms with E-state index in [-0.39, 0.29) is 0 Å². The zero-order valence-electron chi connectivity index (χ0n) is 13.4. The molecule has 0 bridgehead atoms. The van der Waals surface area contributed by atoms with Gasteiger partial charge in [-0.3, -0.25) is 4.79 Å². The summed E-state index contributed by atoms with van der Waals surface area (Å²) in [5.41, 5.74) is 6.06. The quantitative estimate of drug-likeness (QED) is 0.862. The number of carbonyl (C=O) groups is 1. The topological polar surface area (TPSA) is 46.3 Å². The second-order valence-corrected chi connectivity index (χ2v) is 7.67. The fraction of sp³-hybridized carbons (Fsp3) is 0.944. The SMILES string of the molecule is NC1CCCC(CCC(=O)N2CCCC2C2CCCC2)C1. The minimum Gasteiger partial charge on any atom is -0.339 e. The molecule has 2 N–H and O–H groups in total. The van der Waals surface area contributed by atoms with Gasteiger partial charge in [0.1, 0.15) is 0 Å². The Morgan fingerprint density at radius 1 is 1.00 bits per heavy atom. The maximum atomic E-state index is 12.6. The Bertz CT molecular complexity index is 351. The van der Waals surface area contributed by atoms with Gasteiger partial charge in [0.2, 0.25) is 5.91 Å². The average Bonchev–Trinajstić information content (AvgIpc) is 3.14. The van der Waals surface area contributed by atoms with Crippen LogP contribution in [-0.2, 0) is 4.79 Å². The van der Waals surface area contributed by atoms with E-state index in [1.54, 1.807) is 0 Å². The molecule has 3 nitrogen and oxygen atoms in total. The molecule has 3 rings (SSSR count). The Kier molecular flexibility index (Phi) is 5.20. The molecule has 2 aliphatic carbocycles. The average molecular weight is 292 g/mol. The van der Waals surface area contributed by atoms with Gasteiger partial charge in [0.15, 0.2) is 0 Å². The summed E-state index contributed by atoms with van der Waals surface area (Å²) in [7, 11) is 0. The van der Waals surface area contributed by atoms with Crippen molar-refractivity contribution in [3.63, 3.8) is 0 Å². The molecule has 3 unspecified atom stereocenters. The molecule has 1 amide bonds. The molecule has 0 aromatic rings. The largest absolute Gasteiger partial charge is 0.339 e. The van der Waals surface area contributed by atoms with Gasteiger partial charge in [-0.25, -0.2) is 0 Å². The van der Waals surface area contributed by atoms with Crippen LogP contribution in [0.4, 0.5) is 0 Å². The highest BCUT2D eigenvalue weighted by Crippen LogP contribution is 2.36. The van der Waals surface area contributed by atoms with E-state index in [1.807, 2.05) is 0 Å². The maximum Gasteiger partial charge on any atom is 0.222 e. The summed E-state index contributed by atoms with van der Waals surface area (Å²) in [6.07, 6.45) is 14.6. The number of carbonyl (C=O) groups excluding carboxylic acids is 1. The molecule has 0 aromatic heterocycles. The standard InChI is InChI=1S/C18H32N2O/c19-16-8-3-5-14(13-16)10-11-18(21)20-12-4-9-17(20)15-6-1-2-7-15/h14-17H,1-13,19H2. The van der Waals surface area contributed by atoms with E-state index < -0.39 is 0 Å². The first-order valence-electron chi connectivity index (χ1n) is 9.29. The second kappa shape index (κ2) is 7.13. The van der Waals surface area contributed by atoms with Crippen molar-refractivity contribution < 1.29 is 4.79 Å². The van der Waals surface area contributed by atoms with Gasteiger partial charge in [-0.2, -0.15) is 0 Å². The van der Waals surface area contributed by atoms with E-state index in [9.17, 15) is 4.79 Å². The zero-order chi connectivity index (χ0) is 14.7. The molecule has 0 aromatic carbocycles. The molecule has 3 heteroatoms. The van der Waals surface area contributed by atoms with Crippen LogP contribution in [0.1, 0.15) is 77.0 Å². The fourth-order valence-corrected chi connectivity index (χ4v) is 5.00. The van der Waals surface area contributed by atoms with Crippen molar-refractivity contribution in [2.45, 2.75) is 89.1 Å². The van der Waals surface area contributed by atoms with E-state index >= 15 is 0 Å². The molecule has 21 heavy (non-hydrogen) atoms. The van der Waals surface area contributed by atoms with Gasteiger partial charge in [-0.1, -0.05) is 25.7 Å². The molecule has 0 spiro atoms. The van der Waals surface area contributed by atoms with Crippen molar-refractivity contribution in [3.05, 3.63) is 0 Å². The van der Waals surface area contributed by atoms with Crippen LogP contribution in [0.2, 0.25) is 0 Å². The Morgan fingerprint density at radius 3 is 2.57 bits per heavy atom. The summed E-state index contributed by atoms with van der Waals surface area (Å²) in [6.45, 7) is 1.02. The van der Waals surface area contributed by atoms with E-state index in [0.29, 0.717) is 23.9 Å². The van der Waals surface area contributed by atoms with E-state index in [2.05, 4.69) is 4.90 Å². The minimum absolute atomic E-state index is 0.386. The van der Waals surface area contributed by atoms with Crippen molar-refractivity contribution >= 4 is 5.91 Å². The first kappa shape index (κ1) is 15.3. The lowest BCUT2D eigenvalue weighted by Gasteiger charge is -2.31. The summed E-state index contributed by atoms with van der Waals surface area (Å²) >= 11 is 0. The summed E-state index contributed by atoms with van der Waals surface area (Å²) in [5, 5.41) is 0. The van der Waals surface area contributed by atoms with Crippen LogP contribution in [0.15, 0.2) is 0 Å². The van der Waals surface area contributed by atoms with Crippen molar-refractivity contribution in [3.8, 4) is 0 Å². The molecule has 2 saturated carbocycles. The summed E-state index contributed by atoms with van der Waals surface area (Å²) in [4.78, 5) is 14.9. The number of hydrogen-bond acceptors (Lipinski definition) is 2. The van der Waals surface area contributed by atoms with Gasteiger partial charge >= 0.3 is 0 Å². The van der Waals surface area contributed by atoms with Gasteiger partial charge < -0.3 is 10.6 Å². The predicted octanol–water partition coefficient (Wildman–Crippen LogP) is 3.47. The van der Waals surface area contributed by atoms with Gasteiger partial charge in [-0.15, -0.1) is 0 Å². The molecular formula is C18H32N2O. The van der Waals surface area contributed by atoms with Crippen LogP contribution in [-0.4, -0.2) is 29.4 Å². The third-order valence-corrected chi connectivity index (χ3v) is 6.15. The van der Waals surface area contributed by atoms with Crippen molar-refractivity contribution in [1.29, 1.82) is 0 Å². The lowest BCUT2D eigenvalue weighted by molar-refractivity contribution is -0.133. The van der Waals surface area contributed by atoms with Gasteiger partial charge in [0.05, 0.1) is 0 Å². The van der Waals surface area contributed by atoms with Crippen LogP contribution in [0.25, 0.3) is 0 Å². The van der Waals surface area contributed by atoms with Crippen LogP contribution in [0.3, 0.4) is 0 Å². The highest BCUT2D eigenvalue weighted by atomic mass is 16.2. The Morgan fingerprint density at radius 2 is 1.81 bits per heavy atom. The van der Waals surface area contributed by atoms with Crippen LogP contribution < -0.4 is 5.73 Å². The van der Waals surface area contributed by atoms with E-state index in [1.165, 1.54) is 57.8 Å². The normalized spacial score (nSPS) is 34.5. The van der Waals surface area contributed by atoms with Crippen molar-refractivity contribution in [2.75, 3.05) is 6.54 Å². The molecule has 1 saturated heterocycles. The highest BCUT2D eigenvalue weighted by Gasteiger charge is 2.35. The summed E-state index contributed by atoms with van der Waals surface area (Å²) < 4.78 is 0. The van der Waals surface area contributed by atoms with Gasteiger partial charge in [-0.05, 0) is 56.8 Å². The molecule has 3 aliphatic rings. The molecule has 1 aliphatic heterocycles. The highest BCUT2D eigenvalue weighted by molar-refractivity contribution is 5.76. The third kappa shape index (κ3) is 3.80. The number of likely N-dealkylation sites (tertiary alicyclic amines) is 1. The van der Waals surface area contributed by atoms with E-state index in [0.717, 1.165) is 31.7 Å². The lowest BCUT2D eigenvalue weighted by atomic mass is 9.83. The van der Waals surface area contributed by atoms with Crippen LogP contribution in [0, 0.1) is 11.8 Å². The molecule has 3 atom stereocenters. The van der Waals surface area contributed by atoms with Gasteiger partial charge in [0.25, 0.3) is 0 Å². The zero-order valence-corrected chi connectivity index (χ0v) is 13.4. The monoisotopic (exact) mass is 292 g/mol. The molecule has 120 valence electrons.